The van der Waals surface area contributed by atoms with E-state index in [1.54, 1.807) is 4.90 Å². The number of benzene rings is 1. The largest absolute Gasteiger partial charge is 0.356 e. The van der Waals surface area contributed by atoms with Gasteiger partial charge in [0.25, 0.3) is 0 Å². The molecular weight excluding hydrogens is 400 g/mol. The van der Waals surface area contributed by atoms with E-state index in [0.717, 1.165) is 35.6 Å². The first-order chi connectivity index (χ1) is 15.5. The van der Waals surface area contributed by atoms with Crippen molar-refractivity contribution >= 4 is 17.6 Å². The Bertz CT molecular complexity index is 952. The number of rotatable bonds is 6. The monoisotopic (exact) mass is 434 g/mol. The Morgan fingerprint density at radius 2 is 1.81 bits per heavy atom. The van der Waals surface area contributed by atoms with Gasteiger partial charge in [-0.1, -0.05) is 44.2 Å². The molecule has 1 aromatic heterocycles. The van der Waals surface area contributed by atoms with Gasteiger partial charge in [0, 0.05) is 50.8 Å². The molecule has 32 heavy (non-hydrogen) atoms. The van der Waals surface area contributed by atoms with E-state index in [-0.39, 0.29) is 17.7 Å². The molecule has 2 aromatic rings. The average molecular weight is 435 g/mol. The van der Waals surface area contributed by atoms with Crippen LogP contribution in [-0.4, -0.2) is 40.8 Å². The molecule has 2 amide bonds. The van der Waals surface area contributed by atoms with Crippen molar-refractivity contribution < 1.29 is 9.59 Å². The van der Waals surface area contributed by atoms with Gasteiger partial charge in [0.05, 0.1) is 0 Å². The molecule has 6 heteroatoms. The zero-order valence-corrected chi connectivity index (χ0v) is 19.2. The third-order valence-corrected chi connectivity index (χ3v) is 6.43. The number of fused-ring (bicyclic) bond motifs is 1. The Morgan fingerprint density at radius 3 is 2.56 bits per heavy atom. The topological polar surface area (TPSA) is 65.5 Å². The molecule has 1 aromatic carbocycles. The Kier molecular flexibility index (Phi) is 7.08. The highest BCUT2D eigenvalue weighted by Crippen LogP contribution is 2.26. The van der Waals surface area contributed by atoms with Crippen LogP contribution in [0.1, 0.15) is 56.2 Å². The number of anilines is 1. The molecule has 4 rings (SSSR count). The van der Waals surface area contributed by atoms with E-state index in [2.05, 4.69) is 27.3 Å². The van der Waals surface area contributed by atoms with Gasteiger partial charge < -0.3 is 15.1 Å². The quantitative estimate of drug-likeness (QED) is 0.753. The van der Waals surface area contributed by atoms with Crippen LogP contribution in [0.25, 0.3) is 0 Å². The van der Waals surface area contributed by atoms with Gasteiger partial charge >= 0.3 is 0 Å². The van der Waals surface area contributed by atoms with E-state index in [4.69, 9.17) is 0 Å². The van der Waals surface area contributed by atoms with Crippen LogP contribution in [0.2, 0.25) is 0 Å². The minimum absolute atomic E-state index is 0.0463. The smallest absolute Gasteiger partial charge is 0.243 e. The van der Waals surface area contributed by atoms with E-state index < -0.39 is 6.04 Å². The summed E-state index contributed by atoms with van der Waals surface area (Å²) in [5, 5.41) is 3.12. The second-order valence-electron chi connectivity index (χ2n) is 9.36. The Labute approximate surface area is 191 Å². The molecule has 0 radical (unpaired) electrons. The summed E-state index contributed by atoms with van der Waals surface area (Å²) in [5.74, 6) is 1.18. The van der Waals surface area contributed by atoms with Crippen molar-refractivity contribution in [2.75, 3.05) is 18.0 Å². The maximum Gasteiger partial charge on any atom is 0.243 e. The Hall–Kier alpha value is -2.89. The second-order valence-corrected chi connectivity index (χ2v) is 9.36. The van der Waals surface area contributed by atoms with Gasteiger partial charge in [-0.15, -0.1) is 0 Å². The van der Waals surface area contributed by atoms with Gasteiger partial charge in [-0.2, -0.15) is 0 Å². The first-order valence-corrected chi connectivity index (χ1v) is 11.9. The Morgan fingerprint density at radius 1 is 1.06 bits per heavy atom. The summed E-state index contributed by atoms with van der Waals surface area (Å²) in [6.07, 6.45) is 6.44. The fraction of sp³-hybridized carbons (Fsp3) is 0.500. The highest BCUT2D eigenvalue weighted by atomic mass is 16.2. The van der Waals surface area contributed by atoms with Crippen LogP contribution in [0.4, 0.5) is 5.82 Å². The molecule has 1 N–H and O–H groups in total. The van der Waals surface area contributed by atoms with E-state index in [9.17, 15) is 9.59 Å². The molecule has 1 atom stereocenters. The Balaban J connectivity index is 1.49. The lowest BCUT2D eigenvalue weighted by Gasteiger charge is -2.36. The fourth-order valence-electron chi connectivity index (χ4n) is 4.74. The second kappa shape index (κ2) is 10.2. The summed E-state index contributed by atoms with van der Waals surface area (Å²) >= 11 is 0. The standard InChI is InChI=1S/C26H34N4O2/c1-19(2)15-24(31)30-18-22-10-5-4-9-20(22)16-23(30)26(32)28-17-21-11-8-12-27-25(21)29-13-6-3-7-14-29/h4-5,8-12,19,23H,3,6-7,13-18H2,1-2H3,(H,28,32). The number of carbonyl (C=O) groups is 2. The van der Waals surface area contributed by atoms with Crippen molar-refractivity contribution in [2.45, 2.75) is 65.1 Å². The van der Waals surface area contributed by atoms with E-state index in [0.29, 0.717) is 25.9 Å². The van der Waals surface area contributed by atoms with Crippen molar-refractivity contribution in [1.82, 2.24) is 15.2 Å². The summed E-state index contributed by atoms with van der Waals surface area (Å²) in [4.78, 5) is 35.0. The van der Waals surface area contributed by atoms with E-state index in [1.807, 2.05) is 44.3 Å². The fourth-order valence-corrected chi connectivity index (χ4v) is 4.74. The van der Waals surface area contributed by atoms with E-state index in [1.165, 1.54) is 19.3 Å². The van der Waals surface area contributed by atoms with Gasteiger partial charge in [-0.25, -0.2) is 4.98 Å². The van der Waals surface area contributed by atoms with Crippen molar-refractivity contribution in [3.63, 3.8) is 0 Å². The third kappa shape index (κ3) is 5.12. The third-order valence-electron chi connectivity index (χ3n) is 6.43. The molecular formula is C26H34N4O2. The number of nitrogens with one attached hydrogen (secondary N) is 1. The van der Waals surface area contributed by atoms with Crippen LogP contribution in [0, 0.1) is 5.92 Å². The first kappa shape index (κ1) is 22.3. The number of nitrogens with zero attached hydrogens (tertiary/aromatic N) is 3. The molecule has 0 saturated carbocycles. The number of hydrogen-bond donors (Lipinski definition) is 1. The van der Waals surface area contributed by atoms with Crippen molar-refractivity contribution in [2.24, 2.45) is 5.92 Å². The number of hydrogen-bond acceptors (Lipinski definition) is 4. The normalized spacial score (nSPS) is 18.4. The molecule has 6 nitrogen and oxygen atoms in total. The minimum atomic E-state index is -0.480. The predicted octanol–water partition coefficient (Wildman–Crippen LogP) is 3.69. The first-order valence-electron chi connectivity index (χ1n) is 11.9. The molecule has 1 saturated heterocycles. The summed E-state index contributed by atoms with van der Waals surface area (Å²) in [6.45, 7) is 7.00. The van der Waals surface area contributed by atoms with Crippen LogP contribution in [-0.2, 0) is 29.1 Å². The zero-order valence-electron chi connectivity index (χ0n) is 19.2. The number of piperidine rings is 1. The van der Waals surface area contributed by atoms with Crippen LogP contribution < -0.4 is 10.2 Å². The molecule has 0 spiro atoms. The molecule has 2 aliphatic rings. The highest BCUT2D eigenvalue weighted by Gasteiger charge is 2.34. The molecule has 2 aliphatic heterocycles. The van der Waals surface area contributed by atoms with E-state index >= 15 is 0 Å². The maximum atomic E-state index is 13.3. The summed E-state index contributed by atoms with van der Waals surface area (Å²) in [6, 6.07) is 11.6. The van der Waals surface area contributed by atoms with Crippen molar-refractivity contribution in [1.29, 1.82) is 0 Å². The predicted molar refractivity (Wildman–Crippen MR) is 126 cm³/mol. The van der Waals surface area contributed by atoms with Gasteiger partial charge in [0.2, 0.25) is 11.8 Å². The molecule has 1 unspecified atom stereocenters. The number of amides is 2. The lowest BCUT2D eigenvalue weighted by Crippen LogP contribution is -2.52. The lowest BCUT2D eigenvalue weighted by atomic mass is 9.92. The van der Waals surface area contributed by atoms with Gasteiger partial charge in [-0.05, 0) is 42.4 Å². The van der Waals surface area contributed by atoms with Crippen molar-refractivity contribution in [3.05, 3.63) is 59.3 Å². The summed E-state index contributed by atoms with van der Waals surface area (Å²) < 4.78 is 0. The molecule has 3 heterocycles. The summed E-state index contributed by atoms with van der Waals surface area (Å²) in [7, 11) is 0. The van der Waals surface area contributed by atoms with Crippen LogP contribution >= 0.6 is 0 Å². The van der Waals surface area contributed by atoms with Crippen LogP contribution in [0.15, 0.2) is 42.6 Å². The summed E-state index contributed by atoms with van der Waals surface area (Å²) in [5.41, 5.74) is 3.31. The SMILES string of the molecule is CC(C)CC(=O)N1Cc2ccccc2CC1C(=O)NCc1cccnc1N1CCCCC1. The molecule has 0 aliphatic carbocycles. The maximum absolute atomic E-state index is 13.3. The number of carbonyl (C=O) groups excluding carboxylic acids is 2. The van der Waals surface area contributed by atoms with Crippen LogP contribution in [0.3, 0.4) is 0 Å². The number of aromatic nitrogens is 1. The van der Waals surface area contributed by atoms with Gasteiger partial charge in [-0.3, -0.25) is 9.59 Å². The minimum Gasteiger partial charge on any atom is -0.356 e. The molecule has 1 fully saturated rings. The van der Waals surface area contributed by atoms with Crippen molar-refractivity contribution in [3.8, 4) is 0 Å². The highest BCUT2D eigenvalue weighted by molar-refractivity contribution is 5.88. The van der Waals surface area contributed by atoms with Gasteiger partial charge in [0.1, 0.15) is 11.9 Å². The zero-order chi connectivity index (χ0) is 22.5. The molecule has 0 bridgehead atoms. The number of pyridine rings is 1. The lowest BCUT2D eigenvalue weighted by molar-refractivity contribution is -0.142. The van der Waals surface area contributed by atoms with Crippen LogP contribution in [0.5, 0.6) is 0 Å². The average Bonchev–Trinajstić information content (AvgIpc) is 2.82. The van der Waals surface area contributed by atoms with Gasteiger partial charge in [0.15, 0.2) is 0 Å². The molecule has 170 valence electrons.